The number of hydrogen-bond acceptors (Lipinski definition) is 7. The van der Waals surface area contributed by atoms with Crippen molar-refractivity contribution in [3.8, 4) is 5.75 Å². The Kier molecular flexibility index (Phi) is 8.31. The van der Waals surface area contributed by atoms with Gasteiger partial charge in [-0.2, -0.15) is 0 Å². The highest BCUT2D eigenvalue weighted by Gasteiger charge is 2.60. The average Bonchev–Trinajstić information content (AvgIpc) is 3.28. The third-order valence-electron chi connectivity index (χ3n) is 10.9. The largest absolute Gasteiger partial charge is 0.508 e. The van der Waals surface area contributed by atoms with Gasteiger partial charge in [0.25, 0.3) is 0 Å². The second kappa shape index (κ2) is 11.6. The Morgan fingerprint density at radius 1 is 1.00 bits per heavy atom. The molecule has 0 unspecified atom stereocenters. The summed E-state index contributed by atoms with van der Waals surface area (Å²) in [6.45, 7) is 4.66. The molecule has 4 aliphatic carbocycles. The van der Waals surface area contributed by atoms with E-state index in [0.717, 1.165) is 50.5 Å². The quantitative estimate of drug-likeness (QED) is 0.434. The highest BCUT2D eigenvalue weighted by molar-refractivity contribution is 5.91. The third-order valence-corrected chi connectivity index (χ3v) is 10.9. The number of aromatic hydroxyl groups is 1. The molecular formula is C33H43NO7. The van der Waals surface area contributed by atoms with Crippen LogP contribution < -0.4 is 5.32 Å². The molecule has 2 N–H and O–H groups in total. The molecule has 8 nitrogen and oxygen atoms in total. The van der Waals surface area contributed by atoms with Gasteiger partial charge < -0.3 is 19.9 Å². The molecule has 1 amide bonds. The highest BCUT2D eigenvalue weighted by Crippen LogP contribution is 2.65. The molecule has 3 saturated carbocycles. The number of benzene rings is 1. The molecule has 1 aromatic rings. The summed E-state index contributed by atoms with van der Waals surface area (Å²) in [4.78, 5) is 50.0. The number of fused-ring (bicyclic) bond motifs is 5. The first-order valence-corrected chi connectivity index (χ1v) is 15.1. The zero-order valence-electron chi connectivity index (χ0n) is 24.4. The van der Waals surface area contributed by atoms with Crippen molar-refractivity contribution in [2.45, 2.75) is 96.6 Å². The van der Waals surface area contributed by atoms with Crippen molar-refractivity contribution in [1.29, 1.82) is 0 Å². The maximum absolute atomic E-state index is 12.9. The van der Waals surface area contributed by atoms with Gasteiger partial charge in [0.05, 0.1) is 13.5 Å². The Morgan fingerprint density at radius 3 is 2.49 bits per heavy atom. The van der Waals surface area contributed by atoms with Crippen molar-refractivity contribution in [2.75, 3.05) is 7.11 Å². The molecule has 0 aromatic heterocycles. The van der Waals surface area contributed by atoms with Crippen LogP contribution in [0.1, 0.15) is 83.6 Å². The minimum Gasteiger partial charge on any atom is -0.508 e. The Hall–Kier alpha value is -3.16. The maximum atomic E-state index is 12.9. The summed E-state index contributed by atoms with van der Waals surface area (Å²) in [7, 11) is 1.26. The monoisotopic (exact) mass is 565 g/mol. The van der Waals surface area contributed by atoms with Gasteiger partial charge in [0.15, 0.2) is 5.78 Å². The normalized spacial score (nSPS) is 33.0. The summed E-state index contributed by atoms with van der Waals surface area (Å²) in [5.41, 5.74) is 2.16. The average molecular weight is 566 g/mol. The fourth-order valence-electron chi connectivity index (χ4n) is 8.61. The van der Waals surface area contributed by atoms with Crippen LogP contribution in [0.5, 0.6) is 5.75 Å². The number of nitrogens with one attached hydrogen (secondary N) is 1. The van der Waals surface area contributed by atoms with Crippen LogP contribution in [0.4, 0.5) is 0 Å². The molecule has 0 aliphatic heterocycles. The van der Waals surface area contributed by atoms with Crippen LogP contribution in [0.2, 0.25) is 0 Å². The smallest absolute Gasteiger partial charge is 0.328 e. The van der Waals surface area contributed by atoms with Crippen LogP contribution in [0.25, 0.3) is 0 Å². The van der Waals surface area contributed by atoms with E-state index in [1.54, 1.807) is 12.1 Å². The van der Waals surface area contributed by atoms with E-state index in [1.807, 2.05) is 6.08 Å². The predicted molar refractivity (Wildman–Crippen MR) is 152 cm³/mol. The van der Waals surface area contributed by atoms with Gasteiger partial charge in [0.2, 0.25) is 5.91 Å². The molecule has 0 spiro atoms. The molecule has 8 heteroatoms. The van der Waals surface area contributed by atoms with Gasteiger partial charge >= 0.3 is 11.9 Å². The van der Waals surface area contributed by atoms with E-state index < -0.39 is 17.9 Å². The molecule has 0 radical (unpaired) electrons. The number of phenolic OH excluding ortho intramolecular Hbond substituents is 1. The fourth-order valence-corrected chi connectivity index (χ4v) is 8.61. The van der Waals surface area contributed by atoms with Gasteiger partial charge in [-0.25, -0.2) is 4.79 Å². The first-order valence-electron chi connectivity index (χ1n) is 15.1. The number of esters is 2. The van der Waals surface area contributed by atoms with Crippen LogP contribution in [-0.4, -0.2) is 48.0 Å². The zero-order valence-corrected chi connectivity index (χ0v) is 24.4. The van der Waals surface area contributed by atoms with E-state index in [2.05, 4.69) is 19.2 Å². The minimum absolute atomic E-state index is 0.0531. The number of amides is 1. The topological polar surface area (TPSA) is 119 Å². The van der Waals surface area contributed by atoms with Gasteiger partial charge in [0.1, 0.15) is 17.9 Å². The van der Waals surface area contributed by atoms with E-state index in [1.165, 1.54) is 24.8 Å². The van der Waals surface area contributed by atoms with E-state index in [0.29, 0.717) is 24.2 Å². The zero-order chi connectivity index (χ0) is 29.4. The number of hydrogen-bond donors (Lipinski definition) is 2. The number of carbonyl (C=O) groups is 4. The molecular weight excluding hydrogens is 522 g/mol. The number of carbonyl (C=O) groups excluding carboxylic acids is 4. The number of allylic oxidation sites excluding steroid dienone is 1. The number of methoxy groups -OCH3 is 1. The van der Waals surface area contributed by atoms with Crippen molar-refractivity contribution in [3.63, 3.8) is 0 Å². The summed E-state index contributed by atoms with van der Waals surface area (Å²) >= 11 is 0. The van der Waals surface area contributed by atoms with Gasteiger partial charge in [-0.1, -0.05) is 31.6 Å². The van der Waals surface area contributed by atoms with Gasteiger partial charge in [-0.05, 0) is 91.9 Å². The molecule has 0 bridgehead atoms. The van der Waals surface area contributed by atoms with Crippen LogP contribution in [0.3, 0.4) is 0 Å². The molecule has 7 atom stereocenters. The predicted octanol–water partition coefficient (Wildman–Crippen LogP) is 4.82. The highest BCUT2D eigenvalue weighted by atomic mass is 16.5. The Balaban J connectivity index is 1.15. The van der Waals surface area contributed by atoms with E-state index in [9.17, 15) is 24.3 Å². The van der Waals surface area contributed by atoms with Crippen LogP contribution in [0.15, 0.2) is 35.9 Å². The van der Waals surface area contributed by atoms with Crippen molar-refractivity contribution < 1.29 is 33.8 Å². The number of ketones is 1. The molecule has 0 heterocycles. The molecule has 5 rings (SSSR count). The summed E-state index contributed by atoms with van der Waals surface area (Å²) in [6.07, 6.45) is 9.54. The lowest BCUT2D eigenvalue weighted by molar-refractivity contribution is -0.160. The summed E-state index contributed by atoms with van der Waals surface area (Å²) in [5.74, 6) is 0.677. The van der Waals surface area contributed by atoms with Crippen LogP contribution >= 0.6 is 0 Å². The van der Waals surface area contributed by atoms with E-state index >= 15 is 0 Å². The van der Waals surface area contributed by atoms with Crippen LogP contribution in [0, 0.1) is 28.6 Å². The van der Waals surface area contributed by atoms with Gasteiger partial charge in [0, 0.05) is 24.7 Å². The van der Waals surface area contributed by atoms with Crippen molar-refractivity contribution >= 4 is 23.6 Å². The summed E-state index contributed by atoms with van der Waals surface area (Å²) in [6, 6.07) is 5.49. The second-order valence-electron chi connectivity index (χ2n) is 13.1. The first kappa shape index (κ1) is 29.3. The molecule has 0 saturated heterocycles. The lowest BCUT2D eigenvalue weighted by Gasteiger charge is -2.57. The van der Waals surface area contributed by atoms with E-state index in [4.69, 9.17) is 9.47 Å². The second-order valence-corrected chi connectivity index (χ2v) is 13.1. The molecule has 1 aromatic carbocycles. The van der Waals surface area contributed by atoms with Crippen LogP contribution in [-0.2, 0) is 35.1 Å². The van der Waals surface area contributed by atoms with Gasteiger partial charge in [-0.3, -0.25) is 14.4 Å². The SMILES string of the molecule is COC(=O)[C@@H](Cc1ccc(O)cc1)NC(=O)CCC(=O)O[C@@H]1CC[C@H]2[C@@H]3CCC4=CC(=O)CC[C@]4(C)[C@H]3CC[C@]12C. The Bertz CT molecular complexity index is 1220. The minimum atomic E-state index is -0.896. The first-order chi connectivity index (χ1) is 19.5. The molecule has 3 fully saturated rings. The lowest BCUT2D eigenvalue weighted by Crippen LogP contribution is -2.51. The molecule has 4 aliphatic rings. The van der Waals surface area contributed by atoms with Crippen molar-refractivity contribution in [2.24, 2.45) is 28.6 Å². The maximum Gasteiger partial charge on any atom is 0.328 e. The summed E-state index contributed by atoms with van der Waals surface area (Å²) < 4.78 is 10.9. The number of rotatable bonds is 8. The molecule has 222 valence electrons. The fraction of sp³-hybridized carbons (Fsp3) is 0.636. The summed E-state index contributed by atoms with van der Waals surface area (Å²) in [5, 5.41) is 12.2. The van der Waals surface area contributed by atoms with Gasteiger partial charge in [-0.15, -0.1) is 0 Å². The third kappa shape index (κ3) is 5.80. The van der Waals surface area contributed by atoms with Crippen molar-refractivity contribution in [1.82, 2.24) is 5.32 Å². The molecule has 41 heavy (non-hydrogen) atoms. The number of ether oxygens (including phenoxy) is 2. The van der Waals surface area contributed by atoms with Crippen molar-refractivity contribution in [3.05, 3.63) is 41.5 Å². The number of phenols is 1. The Labute approximate surface area is 242 Å². The lowest BCUT2D eigenvalue weighted by atomic mass is 9.47. The Morgan fingerprint density at radius 2 is 1.76 bits per heavy atom. The van der Waals surface area contributed by atoms with E-state index in [-0.39, 0.29) is 53.7 Å². The standard InChI is InChI=1S/C33H43NO7/c1-32-16-14-23(36)19-21(32)6-9-24-25-10-11-28(33(25,2)17-15-26(24)32)41-30(38)13-12-29(37)34-27(31(39)40-3)18-20-4-7-22(35)8-5-20/h4-5,7-8,19,24-28,35H,6,9-18H2,1-3H3,(H,34,37)/t24-,25-,26-,27+,28+,32-,33-/m0/s1.